The molecule has 0 saturated carbocycles. The molecule has 0 amide bonds. The molecule has 2 aromatic carbocycles. The molecule has 0 unspecified atom stereocenters. The number of hydrogen-bond donors (Lipinski definition) is 1. The largest absolute Gasteiger partial charge is 0.493 e. The van der Waals surface area contributed by atoms with Crippen LogP contribution in [0.3, 0.4) is 0 Å². The van der Waals surface area contributed by atoms with E-state index >= 15 is 0 Å². The molecule has 6 heteroatoms. The maximum atomic E-state index is 5.47. The first kappa shape index (κ1) is 19.9. The number of aromatic nitrogens is 2. The van der Waals surface area contributed by atoms with Gasteiger partial charge in [-0.05, 0) is 39.5 Å². The van der Waals surface area contributed by atoms with E-state index in [4.69, 9.17) is 19.4 Å². The fraction of sp³-hybridized carbons (Fsp3) is 0.364. The van der Waals surface area contributed by atoms with E-state index < -0.39 is 0 Å². The van der Waals surface area contributed by atoms with E-state index in [-0.39, 0.29) is 0 Å². The number of rotatable bonds is 9. The number of ether oxygens (including phenoxy) is 2. The maximum absolute atomic E-state index is 5.47. The molecule has 0 atom stereocenters. The number of benzene rings is 2. The van der Waals surface area contributed by atoms with Crippen molar-refractivity contribution in [3.8, 4) is 22.9 Å². The molecule has 1 aromatic heterocycles. The highest BCUT2D eigenvalue weighted by atomic mass is 16.5. The lowest BCUT2D eigenvalue weighted by molar-refractivity contribution is 0.356. The molecule has 0 aliphatic carbocycles. The Morgan fingerprint density at radius 2 is 1.64 bits per heavy atom. The highest BCUT2D eigenvalue weighted by molar-refractivity contribution is 5.93. The van der Waals surface area contributed by atoms with Gasteiger partial charge < -0.3 is 19.7 Å². The monoisotopic (exact) mass is 380 g/mol. The number of hydrogen-bond acceptors (Lipinski definition) is 6. The predicted molar refractivity (Wildman–Crippen MR) is 114 cm³/mol. The molecule has 3 rings (SSSR count). The number of nitrogens with one attached hydrogen (secondary N) is 1. The fourth-order valence-corrected chi connectivity index (χ4v) is 3.07. The third kappa shape index (κ3) is 4.70. The first-order valence-electron chi connectivity index (χ1n) is 9.50. The normalized spacial score (nSPS) is 11.0. The Bertz CT molecular complexity index is 913. The predicted octanol–water partition coefficient (Wildman–Crippen LogP) is 4.07. The Labute approximate surface area is 166 Å². The number of methoxy groups -OCH3 is 2. The van der Waals surface area contributed by atoms with Gasteiger partial charge in [0.15, 0.2) is 17.3 Å². The van der Waals surface area contributed by atoms with Crippen LogP contribution in [0.25, 0.3) is 22.3 Å². The van der Waals surface area contributed by atoms with E-state index in [1.54, 1.807) is 14.2 Å². The zero-order valence-corrected chi connectivity index (χ0v) is 17.0. The minimum atomic E-state index is 0.657. The Kier molecular flexibility index (Phi) is 6.66. The summed E-state index contributed by atoms with van der Waals surface area (Å²) in [5, 5.41) is 4.42. The van der Waals surface area contributed by atoms with Gasteiger partial charge in [0.1, 0.15) is 5.82 Å². The van der Waals surface area contributed by atoms with Crippen molar-refractivity contribution in [2.75, 3.05) is 46.7 Å². The van der Waals surface area contributed by atoms with Crippen molar-refractivity contribution >= 4 is 16.7 Å². The molecule has 0 aliphatic heterocycles. The molecular formula is C22H28N4O2. The summed E-state index contributed by atoms with van der Waals surface area (Å²) in [7, 11) is 7.46. The molecule has 0 saturated heterocycles. The molecule has 148 valence electrons. The topological polar surface area (TPSA) is 59.5 Å². The van der Waals surface area contributed by atoms with E-state index in [0.29, 0.717) is 17.3 Å². The summed E-state index contributed by atoms with van der Waals surface area (Å²) < 4.78 is 10.9. The minimum absolute atomic E-state index is 0.657. The molecule has 0 spiro atoms. The first-order valence-corrected chi connectivity index (χ1v) is 9.50. The van der Waals surface area contributed by atoms with Gasteiger partial charge in [0.2, 0.25) is 0 Å². The van der Waals surface area contributed by atoms with E-state index in [1.165, 1.54) is 0 Å². The fourth-order valence-electron chi connectivity index (χ4n) is 3.07. The van der Waals surface area contributed by atoms with Crippen molar-refractivity contribution in [3.05, 3.63) is 42.5 Å². The van der Waals surface area contributed by atoms with E-state index in [2.05, 4.69) is 24.3 Å². The molecule has 3 aromatic rings. The lowest BCUT2D eigenvalue weighted by Gasteiger charge is -2.14. The van der Waals surface area contributed by atoms with Crippen molar-refractivity contribution in [3.63, 3.8) is 0 Å². The highest BCUT2D eigenvalue weighted by Crippen LogP contribution is 2.35. The second kappa shape index (κ2) is 9.37. The summed E-state index contributed by atoms with van der Waals surface area (Å²) in [6, 6.07) is 13.8. The van der Waals surface area contributed by atoms with Crippen LogP contribution in [-0.2, 0) is 0 Å². The highest BCUT2D eigenvalue weighted by Gasteiger charge is 2.14. The van der Waals surface area contributed by atoms with Crippen molar-refractivity contribution in [2.45, 2.75) is 12.8 Å². The Hall–Kier alpha value is -2.86. The molecule has 28 heavy (non-hydrogen) atoms. The van der Waals surface area contributed by atoms with E-state index in [9.17, 15) is 0 Å². The van der Waals surface area contributed by atoms with Crippen molar-refractivity contribution in [1.29, 1.82) is 0 Å². The van der Waals surface area contributed by atoms with E-state index in [0.717, 1.165) is 48.2 Å². The molecular weight excluding hydrogens is 352 g/mol. The summed E-state index contributed by atoms with van der Waals surface area (Å²) in [6.45, 7) is 1.93. The van der Waals surface area contributed by atoms with Gasteiger partial charge >= 0.3 is 0 Å². The van der Waals surface area contributed by atoms with Crippen LogP contribution in [0.2, 0.25) is 0 Å². The second-order valence-corrected chi connectivity index (χ2v) is 6.92. The smallest absolute Gasteiger partial charge is 0.162 e. The van der Waals surface area contributed by atoms with Gasteiger partial charge in [-0.1, -0.05) is 30.3 Å². The maximum Gasteiger partial charge on any atom is 0.162 e. The third-order valence-electron chi connectivity index (χ3n) is 4.56. The zero-order chi connectivity index (χ0) is 19.9. The van der Waals surface area contributed by atoms with Gasteiger partial charge in [-0.25, -0.2) is 9.97 Å². The van der Waals surface area contributed by atoms with Crippen LogP contribution in [-0.4, -0.2) is 56.3 Å². The Balaban J connectivity index is 1.97. The molecule has 1 heterocycles. The van der Waals surface area contributed by atoms with Crippen LogP contribution in [0.15, 0.2) is 42.5 Å². The summed E-state index contributed by atoms with van der Waals surface area (Å²) in [6.07, 6.45) is 2.20. The van der Waals surface area contributed by atoms with Crippen LogP contribution in [0.5, 0.6) is 11.5 Å². The number of anilines is 1. The number of unbranched alkanes of at least 4 members (excludes halogenated alkanes) is 1. The molecule has 0 aliphatic rings. The van der Waals surface area contributed by atoms with Crippen LogP contribution in [0.1, 0.15) is 12.8 Å². The van der Waals surface area contributed by atoms with Gasteiger partial charge in [0.05, 0.1) is 19.7 Å². The zero-order valence-electron chi connectivity index (χ0n) is 17.0. The SMILES string of the molecule is COc1cc2nc(-c3ccccc3)nc(NCCCCN(C)C)c2cc1OC. The van der Waals surface area contributed by atoms with Crippen LogP contribution >= 0.6 is 0 Å². The van der Waals surface area contributed by atoms with Gasteiger partial charge in [-0.2, -0.15) is 0 Å². The molecule has 6 nitrogen and oxygen atoms in total. The lowest BCUT2D eigenvalue weighted by atomic mass is 10.1. The van der Waals surface area contributed by atoms with Crippen molar-refractivity contribution in [2.24, 2.45) is 0 Å². The quantitative estimate of drug-likeness (QED) is 0.565. The molecule has 0 fully saturated rings. The summed E-state index contributed by atoms with van der Waals surface area (Å²) in [5.41, 5.74) is 1.80. The second-order valence-electron chi connectivity index (χ2n) is 6.92. The average molecular weight is 380 g/mol. The lowest BCUT2D eigenvalue weighted by Crippen LogP contribution is -2.14. The van der Waals surface area contributed by atoms with Gasteiger partial charge in [0.25, 0.3) is 0 Å². The van der Waals surface area contributed by atoms with E-state index in [1.807, 2.05) is 42.5 Å². The standard InChI is InChI=1S/C22H28N4O2/c1-26(2)13-9-8-12-23-22-17-14-19(27-3)20(28-4)15-18(17)24-21(25-22)16-10-6-5-7-11-16/h5-7,10-11,14-15H,8-9,12-13H2,1-4H3,(H,23,24,25). The van der Waals surface area contributed by atoms with Crippen LogP contribution in [0.4, 0.5) is 5.82 Å². The first-order chi connectivity index (χ1) is 13.6. The summed E-state index contributed by atoms with van der Waals surface area (Å²) >= 11 is 0. The van der Waals surface area contributed by atoms with Crippen LogP contribution < -0.4 is 14.8 Å². The van der Waals surface area contributed by atoms with Gasteiger partial charge in [-0.15, -0.1) is 0 Å². The van der Waals surface area contributed by atoms with Crippen molar-refractivity contribution < 1.29 is 9.47 Å². The Morgan fingerprint density at radius 3 is 2.32 bits per heavy atom. The number of nitrogens with zero attached hydrogens (tertiary/aromatic N) is 3. The minimum Gasteiger partial charge on any atom is -0.493 e. The molecule has 0 radical (unpaired) electrons. The molecule has 0 bridgehead atoms. The van der Waals surface area contributed by atoms with Gasteiger partial charge in [0, 0.05) is 23.6 Å². The summed E-state index contributed by atoms with van der Waals surface area (Å²) in [5.74, 6) is 2.83. The molecule has 1 N–H and O–H groups in total. The van der Waals surface area contributed by atoms with Crippen molar-refractivity contribution in [1.82, 2.24) is 14.9 Å². The average Bonchev–Trinajstić information content (AvgIpc) is 2.72. The van der Waals surface area contributed by atoms with Gasteiger partial charge in [-0.3, -0.25) is 0 Å². The van der Waals surface area contributed by atoms with Crippen LogP contribution in [0, 0.1) is 0 Å². The summed E-state index contributed by atoms with van der Waals surface area (Å²) in [4.78, 5) is 11.8. The third-order valence-corrected chi connectivity index (χ3v) is 4.56. The Morgan fingerprint density at radius 1 is 0.929 bits per heavy atom. The number of fused-ring (bicyclic) bond motifs is 1.